The fourth-order valence-corrected chi connectivity index (χ4v) is 3.20. The number of nitriles is 1. The van der Waals surface area contributed by atoms with Crippen molar-refractivity contribution in [3.63, 3.8) is 0 Å². The Balaban J connectivity index is 1.49. The summed E-state index contributed by atoms with van der Waals surface area (Å²) >= 11 is 0. The molecular weight excluding hydrogens is 262 g/mol. The van der Waals surface area contributed by atoms with Crippen LogP contribution in [0.25, 0.3) is 0 Å². The van der Waals surface area contributed by atoms with Crippen LogP contribution in [0.1, 0.15) is 31.2 Å². The first kappa shape index (κ1) is 14.4. The highest BCUT2D eigenvalue weighted by atomic mass is 16.5. The molecule has 0 atom stereocenters. The van der Waals surface area contributed by atoms with E-state index in [2.05, 4.69) is 16.3 Å². The minimum absolute atomic E-state index is 0.419. The molecule has 21 heavy (non-hydrogen) atoms. The van der Waals surface area contributed by atoms with E-state index in [1.54, 1.807) is 0 Å². The highest BCUT2D eigenvalue weighted by molar-refractivity contribution is 5.49. The number of nitrogens with one attached hydrogen (secondary N) is 1. The van der Waals surface area contributed by atoms with Gasteiger partial charge in [-0.2, -0.15) is 5.26 Å². The molecule has 1 aromatic rings. The van der Waals surface area contributed by atoms with Crippen molar-refractivity contribution >= 4 is 5.69 Å². The quantitative estimate of drug-likeness (QED) is 0.925. The summed E-state index contributed by atoms with van der Waals surface area (Å²) in [6.45, 7) is 4.27. The van der Waals surface area contributed by atoms with Crippen LogP contribution in [0, 0.1) is 11.3 Å². The van der Waals surface area contributed by atoms with Crippen molar-refractivity contribution in [3.8, 4) is 6.07 Å². The zero-order chi connectivity index (χ0) is 14.5. The van der Waals surface area contributed by atoms with Crippen LogP contribution in [-0.2, 0) is 4.74 Å². The fourth-order valence-electron chi connectivity index (χ4n) is 3.20. The zero-order valence-electron chi connectivity index (χ0n) is 12.4. The van der Waals surface area contributed by atoms with E-state index in [0.717, 1.165) is 57.4 Å². The van der Waals surface area contributed by atoms with Crippen molar-refractivity contribution in [2.24, 2.45) is 0 Å². The summed E-state index contributed by atoms with van der Waals surface area (Å²) in [7, 11) is 0. The molecule has 0 spiro atoms. The Kier molecular flexibility index (Phi) is 4.74. The lowest BCUT2D eigenvalue weighted by Gasteiger charge is -2.36. The SMILES string of the molecule is N#Cc1ccc(N2CCC(OC3CCNCC3)CC2)cc1. The molecule has 0 radical (unpaired) electrons. The van der Waals surface area contributed by atoms with E-state index in [4.69, 9.17) is 10.00 Å². The number of hydrogen-bond acceptors (Lipinski definition) is 4. The van der Waals surface area contributed by atoms with E-state index in [9.17, 15) is 0 Å². The standard InChI is InChI=1S/C17H23N3O/c18-13-14-1-3-15(4-2-14)20-11-7-17(8-12-20)21-16-5-9-19-10-6-16/h1-4,16-17,19H,5-12H2. The summed E-state index contributed by atoms with van der Waals surface area (Å²) in [4.78, 5) is 2.39. The van der Waals surface area contributed by atoms with Gasteiger partial charge in [-0.25, -0.2) is 0 Å². The van der Waals surface area contributed by atoms with E-state index in [0.29, 0.717) is 12.2 Å². The molecule has 2 fully saturated rings. The second-order valence-corrected chi connectivity index (χ2v) is 5.93. The van der Waals surface area contributed by atoms with Gasteiger partial charge in [0, 0.05) is 18.8 Å². The van der Waals surface area contributed by atoms with Gasteiger partial charge in [0.05, 0.1) is 23.8 Å². The summed E-state index contributed by atoms with van der Waals surface area (Å²) in [5.74, 6) is 0. The number of rotatable bonds is 3. The van der Waals surface area contributed by atoms with E-state index in [1.807, 2.05) is 24.3 Å². The highest BCUT2D eigenvalue weighted by Crippen LogP contribution is 2.23. The third-order valence-corrected chi connectivity index (χ3v) is 4.47. The highest BCUT2D eigenvalue weighted by Gasteiger charge is 2.23. The van der Waals surface area contributed by atoms with Gasteiger partial charge < -0.3 is 15.0 Å². The van der Waals surface area contributed by atoms with Gasteiger partial charge in [0.25, 0.3) is 0 Å². The molecule has 2 heterocycles. The van der Waals surface area contributed by atoms with Crippen LogP contribution in [0.15, 0.2) is 24.3 Å². The van der Waals surface area contributed by atoms with E-state index >= 15 is 0 Å². The molecule has 0 unspecified atom stereocenters. The third kappa shape index (κ3) is 3.75. The number of hydrogen-bond donors (Lipinski definition) is 1. The molecule has 0 bridgehead atoms. The monoisotopic (exact) mass is 285 g/mol. The van der Waals surface area contributed by atoms with E-state index < -0.39 is 0 Å². The summed E-state index contributed by atoms with van der Waals surface area (Å²) in [6, 6.07) is 10.1. The molecule has 3 rings (SSSR count). The van der Waals surface area contributed by atoms with Gasteiger partial charge in [-0.1, -0.05) is 0 Å². The average molecular weight is 285 g/mol. The molecule has 1 N–H and O–H groups in total. The lowest BCUT2D eigenvalue weighted by molar-refractivity contribution is -0.0363. The van der Waals surface area contributed by atoms with Crippen molar-refractivity contribution in [3.05, 3.63) is 29.8 Å². The first-order valence-corrected chi connectivity index (χ1v) is 7.96. The summed E-state index contributed by atoms with van der Waals surface area (Å²) in [5, 5.41) is 12.2. The molecule has 0 aliphatic carbocycles. The molecule has 0 saturated carbocycles. The Morgan fingerprint density at radius 1 is 1.00 bits per heavy atom. The molecule has 0 amide bonds. The molecule has 112 valence electrons. The van der Waals surface area contributed by atoms with Gasteiger partial charge in [-0.05, 0) is 63.0 Å². The zero-order valence-corrected chi connectivity index (χ0v) is 12.4. The largest absolute Gasteiger partial charge is 0.375 e. The van der Waals surface area contributed by atoms with Crippen LogP contribution in [0.3, 0.4) is 0 Å². The Hall–Kier alpha value is -1.57. The van der Waals surface area contributed by atoms with Crippen molar-refractivity contribution in [2.75, 3.05) is 31.1 Å². The average Bonchev–Trinajstić information content (AvgIpc) is 2.57. The molecular formula is C17H23N3O. The van der Waals surface area contributed by atoms with E-state index in [1.165, 1.54) is 5.69 Å². The normalized spacial score (nSPS) is 21.2. The van der Waals surface area contributed by atoms with Crippen LogP contribution in [-0.4, -0.2) is 38.4 Å². The maximum Gasteiger partial charge on any atom is 0.0991 e. The van der Waals surface area contributed by atoms with Crippen LogP contribution < -0.4 is 10.2 Å². The number of benzene rings is 1. The maximum absolute atomic E-state index is 8.84. The third-order valence-electron chi connectivity index (χ3n) is 4.47. The summed E-state index contributed by atoms with van der Waals surface area (Å²) < 4.78 is 6.24. The topological polar surface area (TPSA) is 48.3 Å². The molecule has 0 aromatic heterocycles. The van der Waals surface area contributed by atoms with Gasteiger partial charge >= 0.3 is 0 Å². The van der Waals surface area contributed by atoms with Crippen molar-refractivity contribution in [2.45, 2.75) is 37.9 Å². The van der Waals surface area contributed by atoms with Crippen LogP contribution >= 0.6 is 0 Å². The molecule has 2 aliphatic rings. The Labute approximate surface area is 126 Å². The lowest BCUT2D eigenvalue weighted by atomic mass is 10.0. The lowest BCUT2D eigenvalue weighted by Crippen LogP contribution is -2.40. The number of piperidine rings is 2. The summed E-state index contributed by atoms with van der Waals surface area (Å²) in [5.41, 5.74) is 1.94. The van der Waals surface area contributed by atoms with Gasteiger partial charge in [0.1, 0.15) is 0 Å². The maximum atomic E-state index is 8.84. The summed E-state index contributed by atoms with van der Waals surface area (Å²) in [6.07, 6.45) is 5.37. The van der Waals surface area contributed by atoms with E-state index in [-0.39, 0.29) is 0 Å². The minimum Gasteiger partial charge on any atom is -0.375 e. The predicted molar refractivity (Wildman–Crippen MR) is 83.4 cm³/mol. The van der Waals surface area contributed by atoms with Gasteiger partial charge in [-0.3, -0.25) is 0 Å². The fraction of sp³-hybridized carbons (Fsp3) is 0.588. The molecule has 1 aromatic carbocycles. The predicted octanol–water partition coefficient (Wildman–Crippen LogP) is 2.30. The number of nitrogens with zero attached hydrogens (tertiary/aromatic N) is 2. The van der Waals surface area contributed by atoms with Crippen molar-refractivity contribution < 1.29 is 4.74 Å². The number of anilines is 1. The Morgan fingerprint density at radius 2 is 1.62 bits per heavy atom. The van der Waals surface area contributed by atoms with Crippen LogP contribution in [0.5, 0.6) is 0 Å². The molecule has 2 aliphatic heterocycles. The first-order chi connectivity index (χ1) is 10.3. The Morgan fingerprint density at radius 3 is 2.24 bits per heavy atom. The van der Waals surface area contributed by atoms with Crippen molar-refractivity contribution in [1.82, 2.24) is 5.32 Å². The van der Waals surface area contributed by atoms with Crippen LogP contribution in [0.4, 0.5) is 5.69 Å². The first-order valence-electron chi connectivity index (χ1n) is 7.96. The molecule has 2 saturated heterocycles. The van der Waals surface area contributed by atoms with Gasteiger partial charge in [0.2, 0.25) is 0 Å². The number of ether oxygens (including phenoxy) is 1. The smallest absolute Gasteiger partial charge is 0.0991 e. The molecule has 4 heteroatoms. The molecule has 4 nitrogen and oxygen atoms in total. The Bertz CT molecular complexity index is 480. The van der Waals surface area contributed by atoms with Crippen LogP contribution in [0.2, 0.25) is 0 Å². The van der Waals surface area contributed by atoms with Gasteiger partial charge in [0.15, 0.2) is 0 Å². The minimum atomic E-state index is 0.419. The van der Waals surface area contributed by atoms with Crippen molar-refractivity contribution in [1.29, 1.82) is 5.26 Å². The van der Waals surface area contributed by atoms with Gasteiger partial charge in [-0.15, -0.1) is 0 Å². The second kappa shape index (κ2) is 6.93. The second-order valence-electron chi connectivity index (χ2n) is 5.93.